The normalized spacial score (nSPS) is 10.6. The van der Waals surface area contributed by atoms with E-state index in [0.717, 1.165) is 16.5 Å². The summed E-state index contributed by atoms with van der Waals surface area (Å²) in [5, 5.41) is 9.34. The van der Waals surface area contributed by atoms with Gasteiger partial charge in [0, 0.05) is 17.7 Å². The summed E-state index contributed by atoms with van der Waals surface area (Å²) in [6, 6.07) is 17.4. The van der Waals surface area contributed by atoms with Gasteiger partial charge in [0.15, 0.2) is 16.8 Å². The van der Waals surface area contributed by atoms with Gasteiger partial charge in [0.1, 0.15) is 0 Å². The number of allylic oxidation sites excluding steroid dienone is 1. The van der Waals surface area contributed by atoms with Gasteiger partial charge in [-0.1, -0.05) is 71.9 Å². The molecule has 126 valence electrons. The average molecular weight is 349 g/mol. The topological polar surface area (TPSA) is 47.8 Å². The number of Topliss-reactive ketones (excluding diaryl/α,β-unsaturated/α-hetero) is 1. The van der Waals surface area contributed by atoms with E-state index in [-0.39, 0.29) is 5.78 Å². The van der Waals surface area contributed by atoms with Crippen LogP contribution in [0.1, 0.15) is 15.9 Å². The molecule has 0 fully saturated rings. The van der Waals surface area contributed by atoms with Crippen LogP contribution in [0.5, 0.6) is 0 Å². The lowest BCUT2D eigenvalue weighted by atomic mass is 10.1. The number of rotatable bonds is 7. The minimum absolute atomic E-state index is 0.0795. The minimum atomic E-state index is 0.0795. The van der Waals surface area contributed by atoms with Crippen LogP contribution in [0.4, 0.5) is 0 Å². The fourth-order valence-corrected chi connectivity index (χ4v) is 3.37. The highest BCUT2D eigenvalue weighted by Crippen LogP contribution is 2.25. The van der Waals surface area contributed by atoms with Gasteiger partial charge >= 0.3 is 0 Å². The molecule has 0 amide bonds. The monoisotopic (exact) mass is 349 g/mol. The average Bonchev–Trinajstić information content (AvgIpc) is 3.03. The zero-order valence-electron chi connectivity index (χ0n) is 14.1. The van der Waals surface area contributed by atoms with Crippen LogP contribution in [0, 0.1) is 6.92 Å². The molecule has 0 aliphatic rings. The van der Waals surface area contributed by atoms with E-state index in [0.29, 0.717) is 17.9 Å². The number of aromatic nitrogens is 3. The van der Waals surface area contributed by atoms with Crippen LogP contribution in [0.15, 0.2) is 72.4 Å². The summed E-state index contributed by atoms with van der Waals surface area (Å²) >= 11 is 1.40. The first-order chi connectivity index (χ1) is 12.2. The molecule has 0 N–H and O–H groups in total. The van der Waals surface area contributed by atoms with Crippen LogP contribution in [0.25, 0.3) is 11.4 Å². The fourth-order valence-electron chi connectivity index (χ4n) is 2.52. The molecule has 1 aromatic heterocycles. The molecule has 0 unspecified atom stereocenters. The number of benzene rings is 2. The third kappa shape index (κ3) is 4.06. The zero-order valence-corrected chi connectivity index (χ0v) is 14.9. The summed E-state index contributed by atoms with van der Waals surface area (Å²) in [7, 11) is 0. The van der Waals surface area contributed by atoms with E-state index in [2.05, 4.69) is 22.8 Å². The number of thioether (sulfide) groups is 1. The molecule has 25 heavy (non-hydrogen) atoms. The van der Waals surface area contributed by atoms with E-state index in [1.807, 2.05) is 66.1 Å². The van der Waals surface area contributed by atoms with Gasteiger partial charge in [0.05, 0.1) is 5.75 Å². The number of hydrogen-bond donors (Lipinski definition) is 0. The Morgan fingerprint density at radius 2 is 1.96 bits per heavy atom. The Balaban J connectivity index is 1.82. The maximum absolute atomic E-state index is 12.3. The first-order valence-corrected chi connectivity index (χ1v) is 9.00. The second-order valence-corrected chi connectivity index (χ2v) is 6.60. The number of ketones is 1. The third-order valence-electron chi connectivity index (χ3n) is 3.73. The molecule has 1 heterocycles. The molecule has 0 saturated heterocycles. The fraction of sp³-hybridized carbons (Fsp3) is 0.150. The van der Waals surface area contributed by atoms with Crippen LogP contribution in [-0.4, -0.2) is 26.3 Å². The van der Waals surface area contributed by atoms with Crippen LogP contribution in [0.2, 0.25) is 0 Å². The van der Waals surface area contributed by atoms with Crippen molar-refractivity contribution in [3.05, 3.63) is 78.4 Å². The predicted octanol–water partition coefficient (Wildman–Crippen LogP) is 4.41. The standard InChI is InChI=1S/C20H19N3OS/c1-3-12-23-19(17-11-7-8-15(2)13-17)21-22-20(23)25-14-18(24)16-9-5-4-6-10-16/h3-11,13H,1,12,14H2,2H3. The maximum Gasteiger partial charge on any atom is 0.192 e. The van der Waals surface area contributed by atoms with Crippen LogP contribution in [-0.2, 0) is 6.54 Å². The van der Waals surface area contributed by atoms with Gasteiger partial charge in [0.25, 0.3) is 0 Å². The molecule has 3 rings (SSSR count). The summed E-state index contributed by atoms with van der Waals surface area (Å²) in [4.78, 5) is 12.3. The molecule has 0 spiro atoms. The van der Waals surface area contributed by atoms with E-state index in [9.17, 15) is 4.79 Å². The van der Waals surface area contributed by atoms with E-state index < -0.39 is 0 Å². The number of carbonyl (C=O) groups excluding carboxylic acids is 1. The van der Waals surface area contributed by atoms with Gasteiger partial charge in [-0.05, 0) is 13.0 Å². The third-order valence-corrected chi connectivity index (χ3v) is 4.70. The van der Waals surface area contributed by atoms with Crippen molar-refractivity contribution in [1.29, 1.82) is 0 Å². The Bertz CT molecular complexity index is 887. The summed E-state index contributed by atoms with van der Waals surface area (Å²) in [6.45, 7) is 6.46. The van der Waals surface area contributed by atoms with Crippen molar-refractivity contribution in [2.45, 2.75) is 18.6 Å². The molecular formula is C20H19N3OS. The Morgan fingerprint density at radius 1 is 1.16 bits per heavy atom. The number of carbonyl (C=O) groups is 1. The lowest BCUT2D eigenvalue weighted by molar-refractivity contribution is 0.102. The quantitative estimate of drug-likeness (QED) is 0.360. The molecule has 0 saturated carbocycles. The van der Waals surface area contributed by atoms with Crippen molar-refractivity contribution < 1.29 is 4.79 Å². The Hall–Kier alpha value is -2.66. The van der Waals surface area contributed by atoms with E-state index >= 15 is 0 Å². The molecule has 0 bridgehead atoms. The van der Waals surface area contributed by atoms with Gasteiger partial charge in [-0.25, -0.2) is 0 Å². The number of aryl methyl sites for hydroxylation is 1. The van der Waals surface area contributed by atoms with Gasteiger partial charge in [-0.3, -0.25) is 9.36 Å². The number of hydrogen-bond acceptors (Lipinski definition) is 4. The van der Waals surface area contributed by atoms with Crippen molar-refractivity contribution in [3.8, 4) is 11.4 Å². The van der Waals surface area contributed by atoms with Gasteiger partial charge in [-0.15, -0.1) is 16.8 Å². The molecule has 5 heteroatoms. The molecule has 0 aliphatic heterocycles. The van der Waals surface area contributed by atoms with Crippen molar-refractivity contribution >= 4 is 17.5 Å². The van der Waals surface area contributed by atoms with E-state index in [1.165, 1.54) is 17.3 Å². The smallest absolute Gasteiger partial charge is 0.192 e. The van der Waals surface area contributed by atoms with Crippen LogP contribution in [0.3, 0.4) is 0 Å². The summed E-state index contributed by atoms with van der Waals surface area (Å²) in [5.41, 5.74) is 2.89. The van der Waals surface area contributed by atoms with Crippen LogP contribution >= 0.6 is 11.8 Å². The molecule has 0 atom stereocenters. The Kier molecular flexibility index (Phi) is 5.46. The van der Waals surface area contributed by atoms with Gasteiger partial charge in [0.2, 0.25) is 0 Å². The SMILES string of the molecule is C=CCn1c(SCC(=O)c2ccccc2)nnc1-c1cccc(C)c1. The molecule has 3 aromatic rings. The molecular weight excluding hydrogens is 330 g/mol. The Labute approximate surface area is 151 Å². The number of nitrogens with zero attached hydrogens (tertiary/aromatic N) is 3. The zero-order chi connectivity index (χ0) is 17.6. The molecule has 2 aromatic carbocycles. The second-order valence-electron chi connectivity index (χ2n) is 5.65. The highest BCUT2D eigenvalue weighted by atomic mass is 32.2. The van der Waals surface area contributed by atoms with Crippen molar-refractivity contribution in [1.82, 2.24) is 14.8 Å². The summed E-state index contributed by atoms with van der Waals surface area (Å²) in [5.74, 6) is 1.20. The Morgan fingerprint density at radius 3 is 2.68 bits per heavy atom. The van der Waals surface area contributed by atoms with E-state index in [4.69, 9.17) is 0 Å². The first-order valence-electron chi connectivity index (χ1n) is 8.01. The van der Waals surface area contributed by atoms with Gasteiger partial charge < -0.3 is 0 Å². The van der Waals surface area contributed by atoms with Crippen molar-refractivity contribution in [2.75, 3.05) is 5.75 Å². The predicted molar refractivity (Wildman–Crippen MR) is 102 cm³/mol. The molecule has 0 radical (unpaired) electrons. The van der Waals surface area contributed by atoms with Crippen LogP contribution < -0.4 is 0 Å². The maximum atomic E-state index is 12.3. The minimum Gasteiger partial charge on any atom is -0.298 e. The van der Waals surface area contributed by atoms with Crippen molar-refractivity contribution in [3.63, 3.8) is 0 Å². The second kappa shape index (κ2) is 7.94. The summed E-state index contributed by atoms with van der Waals surface area (Å²) in [6.07, 6.45) is 1.81. The molecule has 4 nitrogen and oxygen atoms in total. The van der Waals surface area contributed by atoms with Crippen molar-refractivity contribution in [2.24, 2.45) is 0 Å². The summed E-state index contributed by atoms with van der Waals surface area (Å²) < 4.78 is 1.99. The largest absolute Gasteiger partial charge is 0.298 e. The highest BCUT2D eigenvalue weighted by Gasteiger charge is 2.15. The lowest BCUT2D eigenvalue weighted by Crippen LogP contribution is -2.05. The highest BCUT2D eigenvalue weighted by molar-refractivity contribution is 7.99. The van der Waals surface area contributed by atoms with E-state index in [1.54, 1.807) is 0 Å². The lowest BCUT2D eigenvalue weighted by Gasteiger charge is -2.08. The first kappa shape index (κ1) is 17.2. The molecule has 0 aliphatic carbocycles. The van der Waals surface area contributed by atoms with Gasteiger partial charge in [-0.2, -0.15) is 0 Å².